The first-order valence-corrected chi connectivity index (χ1v) is 4.79. The van der Waals surface area contributed by atoms with Crippen LogP contribution in [0.25, 0.3) is 0 Å². The Balaban J connectivity index is 2.21. The van der Waals surface area contributed by atoms with Crippen molar-refractivity contribution in [1.82, 2.24) is 14.3 Å². The summed E-state index contributed by atoms with van der Waals surface area (Å²) in [7, 11) is 3.53. The van der Waals surface area contributed by atoms with Crippen molar-refractivity contribution >= 4 is 17.4 Å². The van der Waals surface area contributed by atoms with Gasteiger partial charge in [-0.25, -0.2) is 0 Å². The normalized spacial score (nSPS) is 10.4. The number of nitrogen functional groups attached to an aromatic ring is 1. The van der Waals surface area contributed by atoms with Gasteiger partial charge in [-0.1, -0.05) is 0 Å². The average Bonchev–Trinajstić information content (AvgIpc) is 2.74. The van der Waals surface area contributed by atoms with Gasteiger partial charge in [0, 0.05) is 26.4 Å². The van der Waals surface area contributed by atoms with E-state index in [0.29, 0.717) is 17.2 Å². The third-order valence-corrected chi connectivity index (χ3v) is 2.32. The molecule has 0 bridgehead atoms. The summed E-state index contributed by atoms with van der Waals surface area (Å²) in [5, 5.41) is 6.71. The van der Waals surface area contributed by atoms with E-state index in [1.165, 1.54) is 0 Å². The quantitative estimate of drug-likeness (QED) is 0.776. The smallest absolute Gasteiger partial charge is 0.273 e. The van der Waals surface area contributed by atoms with Crippen molar-refractivity contribution in [1.29, 1.82) is 0 Å². The second-order valence-electron chi connectivity index (χ2n) is 3.56. The molecule has 2 rings (SSSR count). The van der Waals surface area contributed by atoms with Crippen LogP contribution in [0, 0.1) is 0 Å². The molecule has 0 atom stereocenters. The number of aryl methyl sites for hydroxylation is 2. The van der Waals surface area contributed by atoms with Gasteiger partial charge in [-0.3, -0.25) is 9.48 Å². The van der Waals surface area contributed by atoms with Gasteiger partial charge in [0.05, 0.1) is 11.9 Å². The van der Waals surface area contributed by atoms with Gasteiger partial charge in [-0.2, -0.15) is 5.10 Å². The minimum absolute atomic E-state index is 0.206. The Morgan fingerprint density at radius 1 is 1.50 bits per heavy atom. The number of amides is 1. The number of nitrogens with one attached hydrogen (secondary N) is 1. The lowest BCUT2D eigenvalue weighted by molar-refractivity contribution is 0.101. The lowest BCUT2D eigenvalue weighted by Gasteiger charge is -2.05. The standard InChI is InChI=1S/C10H13N5O/c1-14-6-7(11)5-8(14)10(16)13-9-3-4-12-15(9)2/h3-6H,11H2,1-2H3,(H,13,16). The first-order valence-electron chi connectivity index (χ1n) is 4.79. The Hall–Kier alpha value is -2.24. The minimum atomic E-state index is -0.206. The fraction of sp³-hybridized carbons (Fsp3) is 0.200. The monoisotopic (exact) mass is 219 g/mol. The summed E-state index contributed by atoms with van der Waals surface area (Å²) >= 11 is 0. The molecule has 0 aliphatic rings. The Kier molecular flexibility index (Phi) is 2.40. The third-order valence-electron chi connectivity index (χ3n) is 2.32. The molecule has 0 saturated carbocycles. The Bertz CT molecular complexity index is 525. The van der Waals surface area contributed by atoms with Gasteiger partial charge in [-0.15, -0.1) is 0 Å². The highest BCUT2D eigenvalue weighted by molar-refractivity contribution is 6.03. The van der Waals surface area contributed by atoms with Crippen LogP contribution >= 0.6 is 0 Å². The van der Waals surface area contributed by atoms with Gasteiger partial charge in [0.25, 0.3) is 5.91 Å². The molecule has 0 aromatic carbocycles. The number of carbonyl (C=O) groups excluding carboxylic acids is 1. The van der Waals surface area contributed by atoms with Crippen molar-refractivity contribution in [2.75, 3.05) is 11.1 Å². The molecule has 16 heavy (non-hydrogen) atoms. The first-order chi connectivity index (χ1) is 7.58. The summed E-state index contributed by atoms with van der Waals surface area (Å²) in [5.74, 6) is 0.438. The fourth-order valence-corrected chi connectivity index (χ4v) is 1.49. The van der Waals surface area contributed by atoms with E-state index in [-0.39, 0.29) is 5.91 Å². The maximum Gasteiger partial charge on any atom is 0.273 e. The van der Waals surface area contributed by atoms with Gasteiger partial charge >= 0.3 is 0 Å². The Morgan fingerprint density at radius 3 is 2.75 bits per heavy atom. The van der Waals surface area contributed by atoms with Crippen LogP contribution in [0.4, 0.5) is 11.5 Å². The number of nitrogens with two attached hydrogens (primary N) is 1. The molecular weight excluding hydrogens is 206 g/mol. The zero-order valence-corrected chi connectivity index (χ0v) is 9.14. The lowest BCUT2D eigenvalue weighted by atomic mass is 10.4. The second-order valence-corrected chi connectivity index (χ2v) is 3.56. The summed E-state index contributed by atoms with van der Waals surface area (Å²) in [5.41, 5.74) is 6.68. The summed E-state index contributed by atoms with van der Waals surface area (Å²) in [4.78, 5) is 11.9. The van der Waals surface area contributed by atoms with Crippen molar-refractivity contribution in [2.24, 2.45) is 14.1 Å². The minimum Gasteiger partial charge on any atom is -0.397 e. The maximum atomic E-state index is 11.9. The molecule has 0 unspecified atom stereocenters. The van der Waals surface area contributed by atoms with Crippen LogP contribution in [0.3, 0.4) is 0 Å². The highest BCUT2D eigenvalue weighted by atomic mass is 16.2. The molecule has 0 radical (unpaired) electrons. The molecule has 6 heteroatoms. The molecular formula is C10H13N5O. The van der Waals surface area contributed by atoms with E-state index in [4.69, 9.17) is 5.73 Å². The molecule has 2 aromatic rings. The Morgan fingerprint density at radius 2 is 2.25 bits per heavy atom. The van der Waals surface area contributed by atoms with Gasteiger partial charge in [0.15, 0.2) is 0 Å². The molecule has 2 heterocycles. The number of nitrogens with zero attached hydrogens (tertiary/aromatic N) is 3. The molecule has 0 saturated heterocycles. The third kappa shape index (κ3) is 1.77. The van der Waals surface area contributed by atoms with E-state index in [1.807, 2.05) is 0 Å². The van der Waals surface area contributed by atoms with E-state index in [9.17, 15) is 4.79 Å². The lowest BCUT2D eigenvalue weighted by Crippen LogP contribution is -2.17. The highest BCUT2D eigenvalue weighted by Crippen LogP contribution is 2.11. The van der Waals surface area contributed by atoms with Crippen molar-refractivity contribution in [2.45, 2.75) is 0 Å². The summed E-state index contributed by atoms with van der Waals surface area (Å²) in [6.07, 6.45) is 3.31. The van der Waals surface area contributed by atoms with E-state index in [0.717, 1.165) is 0 Å². The number of carbonyl (C=O) groups is 1. The first kappa shape index (κ1) is 10.3. The SMILES string of the molecule is Cn1cc(N)cc1C(=O)Nc1ccnn1C. The molecule has 3 N–H and O–H groups in total. The summed E-state index contributed by atoms with van der Waals surface area (Å²) in [6.45, 7) is 0. The predicted octanol–water partition coefficient (Wildman–Crippen LogP) is 0.593. The topological polar surface area (TPSA) is 77.9 Å². The largest absolute Gasteiger partial charge is 0.397 e. The van der Waals surface area contributed by atoms with Crippen LogP contribution in [-0.2, 0) is 14.1 Å². The molecule has 2 aromatic heterocycles. The van der Waals surface area contributed by atoms with E-state index in [2.05, 4.69) is 10.4 Å². The van der Waals surface area contributed by atoms with Gasteiger partial charge < -0.3 is 15.6 Å². The highest BCUT2D eigenvalue weighted by Gasteiger charge is 2.12. The molecule has 0 aliphatic carbocycles. The van der Waals surface area contributed by atoms with Crippen LogP contribution in [0.5, 0.6) is 0 Å². The number of hydrogen-bond acceptors (Lipinski definition) is 3. The van der Waals surface area contributed by atoms with Crippen LogP contribution in [0.1, 0.15) is 10.5 Å². The number of aromatic nitrogens is 3. The number of anilines is 2. The zero-order chi connectivity index (χ0) is 11.7. The number of hydrogen-bond donors (Lipinski definition) is 2. The Labute approximate surface area is 92.7 Å². The molecule has 0 fully saturated rings. The molecule has 0 spiro atoms. The van der Waals surface area contributed by atoms with E-state index >= 15 is 0 Å². The molecule has 1 amide bonds. The van der Waals surface area contributed by atoms with Crippen LogP contribution in [-0.4, -0.2) is 20.3 Å². The average molecular weight is 219 g/mol. The molecule has 84 valence electrons. The van der Waals surface area contributed by atoms with Crippen LogP contribution < -0.4 is 11.1 Å². The van der Waals surface area contributed by atoms with Gasteiger partial charge in [0.2, 0.25) is 0 Å². The second kappa shape index (κ2) is 3.73. The van der Waals surface area contributed by atoms with Crippen molar-refractivity contribution in [3.05, 3.63) is 30.2 Å². The summed E-state index contributed by atoms with van der Waals surface area (Å²) < 4.78 is 3.27. The summed E-state index contributed by atoms with van der Waals surface area (Å²) in [6, 6.07) is 3.36. The molecule has 6 nitrogen and oxygen atoms in total. The van der Waals surface area contributed by atoms with Gasteiger partial charge in [-0.05, 0) is 6.07 Å². The maximum absolute atomic E-state index is 11.9. The van der Waals surface area contributed by atoms with Crippen molar-refractivity contribution in [3.8, 4) is 0 Å². The molecule has 0 aliphatic heterocycles. The van der Waals surface area contributed by atoms with Crippen molar-refractivity contribution < 1.29 is 4.79 Å². The van der Waals surface area contributed by atoms with Crippen LogP contribution in [0.2, 0.25) is 0 Å². The van der Waals surface area contributed by atoms with Crippen molar-refractivity contribution in [3.63, 3.8) is 0 Å². The van der Waals surface area contributed by atoms with E-state index < -0.39 is 0 Å². The van der Waals surface area contributed by atoms with Crippen LogP contribution in [0.15, 0.2) is 24.5 Å². The predicted molar refractivity (Wildman–Crippen MR) is 61.0 cm³/mol. The van der Waals surface area contributed by atoms with E-state index in [1.54, 1.807) is 47.9 Å². The fourth-order valence-electron chi connectivity index (χ4n) is 1.49. The van der Waals surface area contributed by atoms with Gasteiger partial charge in [0.1, 0.15) is 11.5 Å². The zero-order valence-electron chi connectivity index (χ0n) is 9.14. The number of rotatable bonds is 2.